The van der Waals surface area contributed by atoms with Crippen molar-refractivity contribution in [2.75, 3.05) is 0 Å². The van der Waals surface area contributed by atoms with Crippen molar-refractivity contribution in [2.45, 2.75) is 25.9 Å². The van der Waals surface area contributed by atoms with Gasteiger partial charge in [-0.25, -0.2) is 9.38 Å². The molecule has 0 fully saturated rings. The quantitative estimate of drug-likeness (QED) is 0.865. The van der Waals surface area contributed by atoms with Crippen LogP contribution in [0.15, 0.2) is 34.4 Å². The number of hydrogen-bond donors (Lipinski definition) is 1. The summed E-state index contributed by atoms with van der Waals surface area (Å²) in [6.07, 6.45) is 1.02. The van der Waals surface area contributed by atoms with E-state index < -0.39 is 12.4 Å². The van der Waals surface area contributed by atoms with E-state index >= 15 is 0 Å². The van der Waals surface area contributed by atoms with Gasteiger partial charge in [-0.15, -0.1) is 5.10 Å². The molecule has 1 N–H and O–H groups in total. The van der Waals surface area contributed by atoms with Crippen LogP contribution in [0.2, 0.25) is 0 Å². The zero-order chi connectivity index (χ0) is 14.6. The number of amidine groups is 1. The first-order valence-corrected chi connectivity index (χ1v) is 5.70. The van der Waals surface area contributed by atoms with E-state index in [-0.39, 0.29) is 18.4 Å². The van der Waals surface area contributed by atoms with Crippen molar-refractivity contribution in [1.29, 1.82) is 0 Å². The third-order valence-corrected chi connectivity index (χ3v) is 2.28. The Morgan fingerprint density at radius 3 is 2.85 bits per heavy atom. The van der Waals surface area contributed by atoms with Crippen LogP contribution in [0.3, 0.4) is 0 Å². The molecule has 0 radical (unpaired) electrons. The molecule has 0 amide bonds. The van der Waals surface area contributed by atoms with Gasteiger partial charge < -0.3 is 9.47 Å². The Kier molecular flexibility index (Phi) is 4.11. The Morgan fingerprint density at radius 2 is 2.20 bits per heavy atom. The lowest BCUT2D eigenvalue weighted by molar-refractivity contribution is -0.0499. The van der Waals surface area contributed by atoms with E-state index in [9.17, 15) is 13.2 Å². The van der Waals surface area contributed by atoms with Gasteiger partial charge in [0, 0.05) is 0 Å². The van der Waals surface area contributed by atoms with Gasteiger partial charge in [-0.3, -0.25) is 5.43 Å². The SMILES string of the molecule is CC1(F)C=NC(OCc2cccc(OC(F)F)c2)=NN1. The van der Waals surface area contributed by atoms with E-state index in [1.807, 2.05) is 0 Å². The summed E-state index contributed by atoms with van der Waals surface area (Å²) >= 11 is 0. The Bertz CT molecular complexity index is 532. The molecule has 0 bridgehead atoms. The standard InChI is InChI=1S/C12H12F3N3O2/c1-12(15)7-16-11(17-18-12)19-6-8-3-2-4-9(5-8)20-10(13)14/h2-5,7,10,18H,6H2,1H3. The summed E-state index contributed by atoms with van der Waals surface area (Å²) in [7, 11) is 0. The molecule has 5 nitrogen and oxygen atoms in total. The lowest BCUT2D eigenvalue weighted by atomic mass is 10.2. The monoisotopic (exact) mass is 287 g/mol. The summed E-state index contributed by atoms with van der Waals surface area (Å²) in [6.45, 7) is -1.59. The number of rotatable bonds is 4. The fourth-order valence-corrected chi connectivity index (χ4v) is 1.42. The predicted molar refractivity (Wildman–Crippen MR) is 66.4 cm³/mol. The van der Waals surface area contributed by atoms with E-state index in [0.717, 1.165) is 6.21 Å². The highest BCUT2D eigenvalue weighted by atomic mass is 19.3. The van der Waals surface area contributed by atoms with E-state index in [0.29, 0.717) is 5.56 Å². The summed E-state index contributed by atoms with van der Waals surface area (Å²) in [5.74, 6) is -1.78. The minimum Gasteiger partial charge on any atom is -0.458 e. The number of halogens is 3. The van der Waals surface area contributed by atoms with Crippen LogP contribution in [-0.4, -0.2) is 24.6 Å². The minimum atomic E-state index is -2.88. The maximum absolute atomic E-state index is 13.3. The molecule has 0 saturated carbocycles. The third-order valence-electron chi connectivity index (χ3n) is 2.28. The highest BCUT2D eigenvalue weighted by Gasteiger charge is 2.23. The van der Waals surface area contributed by atoms with Gasteiger partial charge >= 0.3 is 12.6 Å². The molecule has 2 rings (SSSR count). The van der Waals surface area contributed by atoms with Gasteiger partial charge in [0.1, 0.15) is 12.4 Å². The van der Waals surface area contributed by atoms with Crippen molar-refractivity contribution in [3.8, 4) is 5.75 Å². The number of ether oxygens (including phenoxy) is 2. The largest absolute Gasteiger partial charge is 0.458 e. The Balaban J connectivity index is 1.92. The van der Waals surface area contributed by atoms with Crippen molar-refractivity contribution in [1.82, 2.24) is 5.43 Å². The molecule has 0 saturated heterocycles. The average Bonchev–Trinajstić information content (AvgIpc) is 2.37. The summed E-state index contributed by atoms with van der Waals surface area (Å²) in [5, 5.41) is 3.59. The Morgan fingerprint density at radius 1 is 1.40 bits per heavy atom. The Labute approximate surface area is 113 Å². The zero-order valence-electron chi connectivity index (χ0n) is 10.5. The molecule has 1 atom stereocenters. The highest BCUT2D eigenvalue weighted by molar-refractivity contribution is 5.87. The topological polar surface area (TPSA) is 55.2 Å². The van der Waals surface area contributed by atoms with Crippen molar-refractivity contribution in [2.24, 2.45) is 10.1 Å². The van der Waals surface area contributed by atoms with Gasteiger partial charge in [0.25, 0.3) is 0 Å². The smallest absolute Gasteiger partial charge is 0.387 e. The normalized spacial score (nSPS) is 21.4. The van der Waals surface area contributed by atoms with E-state index in [2.05, 4.69) is 20.3 Å². The molecule has 108 valence electrons. The number of hydrogen-bond acceptors (Lipinski definition) is 5. The molecule has 20 heavy (non-hydrogen) atoms. The van der Waals surface area contributed by atoms with Crippen LogP contribution < -0.4 is 10.2 Å². The number of nitrogens with one attached hydrogen (secondary N) is 1. The highest BCUT2D eigenvalue weighted by Crippen LogP contribution is 2.17. The third kappa shape index (κ3) is 4.15. The van der Waals surface area contributed by atoms with Crippen LogP contribution in [0, 0.1) is 0 Å². The molecule has 1 aliphatic heterocycles. The average molecular weight is 287 g/mol. The fraction of sp³-hybridized carbons (Fsp3) is 0.333. The molecule has 1 heterocycles. The first kappa shape index (κ1) is 14.2. The van der Waals surface area contributed by atoms with Gasteiger partial charge in [-0.1, -0.05) is 12.1 Å². The minimum absolute atomic E-state index is 0.0321. The second-order valence-corrected chi connectivity index (χ2v) is 4.15. The second-order valence-electron chi connectivity index (χ2n) is 4.15. The van der Waals surface area contributed by atoms with Gasteiger partial charge in [-0.2, -0.15) is 8.78 Å². The van der Waals surface area contributed by atoms with Crippen molar-refractivity contribution in [3.05, 3.63) is 29.8 Å². The first-order valence-electron chi connectivity index (χ1n) is 5.70. The molecule has 1 unspecified atom stereocenters. The molecule has 1 aliphatic rings. The van der Waals surface area contributed by atoms with Gasteiger partial charge in [0.2, 0.25) is 5.79 Å². The van der Waals surface area contributed by atoms with Gasteiger partial charge in [0.05, 0.1) is 6.21 Å². The number of nitrogens with zero attached hydrogens (tertiary/aromatic N) is 2. The van der Waals surface area contributed by atoms with E-state index in [4.69, 9.17) is 4.74 Å². The molecule has 1 aromatic carbocycles. The fourth-order valence-electron chi connectivity index (χ4n) is 1.42. The van der Waals surface area contributed by atoms with Crippen LogP contribution in [0.25, 0.3) is 0 Å². The summed E-state index contributed by atoms with van der Waals surface area (Å²) in [6, 6.07) is 5.99. The van der Waals surface area contributed by atoms with Crippen molar-refractivity contribution < 1.29 is 22.6 Å². The molecular formula is C12H12F3N3O2. The maximum atomic E-state index is 13.3. The summed E-state index contributed by atoms with van der Waals surface area (Å²) < 4.78 is 46.9. The van der Waals surface area contributed by atoms with Gasteiger partial charge in [-0.05, 0) is 24.6 Å². The van der Waals surface area contributed by atoms with Crippen LogP contribution in [0.5, 0.6) is 5.75 Å². The van der Waals surface area contributed by atoms with Crippen molar-refractivity contribution in [3.63, 3.8) is 0 Å². The lowest BCUT2D eigenvalue weighted by Gasteiger charge is -2.18. The van der Waals surface area contributed by atoms with Crippen LogP contribution in [-0.2, 0) is 11.3 Å². The van der Waals surface area contributed by atoms with Crippen LogP contribution in [0.1, 0.15) is 12.5 Å². The molecule has 0 aliphatic carbocycles. The molecular weight excluding hydrogens is 275 g/mol. The second kappa shape index (κ2) is 5.81. The first-order chi connectivity index (χ1) is 9.44. The van der Waals surface area contributed by atoms with E-state index in [1.54, 1.807) is 12.1 Å². The number of alkyl halides is 3. The summed E-state index contributed by atoms with van der Waals surface area (Å²) in [4.78, 5) is 3.68. The molecule has 0 aromatic heterocycles. The molecule has 1 aromatic rings. The zero-order valence-corrected chi connectivity index (χ0v) is 10.5. The predicted octanol–water partition coefficient (Wildman–Crippen LogP) is 2.44. The van der Waals surface area contributed by atoms with E-state index in [1.165, 1.54) is 19.1 Å². The number of aliphatic imine (C=N–C) groups is 1. The maximum Gasteiger partial charge on any atom is 0.387 e. The lowest BCUT2D eigenvalue weighted by Crippen LogP contribution is -2.39. The van der Waals surface area contributed by atoms with Gasteiger partial charge in [0.15, 0.2) is 0 Å². The number of benzene rings is 1. The number of hydrazone groups is 1. The summed E-state index contributed by atoms with van der Waals surface area (Å²) in [5.41, 5.74) is 2.80. The molecule has 0 spiro atoms. The van der Waals surface area contributed by atoms with Crippen molar-refractivity contribution >= 4 is 12.2 Å². The Hall–Kier alpha value is -2.25. The van der Waals surface area contributed by atoms with Crippen LogP contribution >= 0.6 is 0 Å². The van der Waals surface area contributed by atoms with Crippen LogP contribution in [0.4, 0.5) is 13.2 Å². The molecule has 8 heteroatoms.